The van der Waals surface area contributed by atoms with E-state index in [0.717, 1.165) is 23.9 Å². The Hall–Kier alpha value is -2.81. The van der Waals surface area contributed by atoms with E-state index < -0.39 is 12.3 Å². The zero-order valence-electron chi connectivity index (χ0n) is 14.9. The van der Waals surface area contributed by atoms with Crippen molar-refractivity contribution in [2.45, 2.75) is 13.3 Å². The molecule has 0 atom stereocenters. The summed E-state index contributed by atoms with van der Waals surface area (Å²) in [7, 11) is 1.48. The number of carbonyl (C=O) groups excluding carboxylic acids is 3. The number of Topliss-reactive ketones (excluding diaryl/α,β-unsaturated/α-hetero) is 1. The molecule has 0 N–H and O–H groups in total. The molecule has 0 saturated carbocycles. The summed E-state index contributed by atoms with van der Waals surface area (Å²) in [6, 6.07) is 10.8. The third-order valence-corrected chi connectivity index (χ3v) is 4.44. The number of carbonyl (C=O) groups is 3. The molecule has 0 bridgehead atoms. The van der Waals surface area contributed by atoms with Crippen molar-refractivity contribution < 1.29 is 32.3 Å². The van der Waals surface area contributed by atoms with Crippen LogP contribution < -0.4 is 9.64 Å². The average molecular weight is 411 g/mol. The summed E-state index contributed by atoms with van der Waals surface area (Å²) in [4.78, 5) is 36.7. The van der Waals surface area contributed by atoms with Crippen LogP contribution in [-0.4, -0.2) is 36.0 Å². The van der Waals surface area contributed by atoms with Crippen molar-refractivity contribution in [3.05, 3.63) is 59.7 Å². The third-order valence-electron chi connectivity index (χ3n) is 3.62. The third kappa shape index (κ3) is 6.12. The number of anilines is 1. The number of ketones is 1. The van der Waals surface area contributed by atoms with Crippen molar-refractivity contribution in [1.82, 2.24) is 0 Å². The maximum Gasteiger partial charge on any atom is 0.573 e. The Bertz CT molecular complexity index is 864. The van der Waals surface area contributed by atoms with Crippen molar-refractivity contribution in [3.63, 3.8) is 0 Å². The largest absolute Gasteiger partial charge is 0.573 e. The predicted molar refractivity (Wildman–Crippen MR) is 99.8 cm³/mol. The molecule has 0 aliphatic heterocycles. The molecule has 5 nitrogen and oxygen atoms in total. The van der Waals surface area contributed by atoms with E-state index in [1.807, 2.05) is 0 Å². The van der Waals surface area contributed by atoms with Crippen LogP contribution in [0.3, 0.4) is 0 Å². The highest BCUT2D eigenvalue weighted by Crippen LogP contribution is 2.25. The molecule has 28 heavy (non-hydrogen) atoms. The highest BCUT2D eigenvalue weighted by molar-refractivity contribution is 8.14. The Morgan fingerprint density at radius 3 is 2.00 bits per heavy atom. The number of alkyl halides is 3. The number of rotatable bonds is 6. The molecule has 0 fully saturated rings. The second-order valence-electron chi connectivity index (χ2n) is 5.69. The molecule has 2 aromatic rings. The van der Waals surface area contributed by atoms with Gasteiger partial charge in [0.25, 0.3) is 5.91 Å². The van der Waals surface area contributed by atoms with Gasteiger partial charge in [0.2, 0.25) is 0 Å². The minimum Gasteiger partial charge on any atom is -0.406 e. The van der Waals surface area contributed by atoms with Crippen LogP contribution in [0.15, 0.2) is 48.5 Å². The number of halogens is 3. The van der Waals surface area contributed by atoms with Crippen LogP contribution in [0.25, 0.3) is 0 Å². The number of nitrogens with zero attached hydrogens (tertiary/aromatic N) is 1. The number of hydrogen-bond acceptors (Lipinski definition) is 5. The average Bonchev–Trinajstić information content (AvgIpc) is 2.64. The van der Waals surface area contributed by atoms with Crippen LogP contribution in [0.5, 0.6) is 5.75 Å². The first-order valence-electron chi connectivity index (χ1n) is 7.97. The molecular weight excluding hydrogens is 395 g/mol. The SMILES string of the molecule is CC(=O)SCC(=O)c1ccc(C(=O)N(C)c2ccc(OC(F)(F)F)cc2)cc1. The van der Waals surface area contributed by atoms with Gasteiger partial charge in [-0.15, -0.1) is 13.2 Å². The van der Waals surface area contributed by atoms with Gasteiger partial charge < -0.3 is 9.64 Å². The Labute approximate surface area is 163 Å². The van der Waals surface area contributed by atoms with Crippen LogP contribution in [0.2, 0.25) is 0 Å². The lowest BCUT2D eigenvalue weighted by atomic mass is 10.1. The van der Waals surface area contributed by atoms with E-state index in [1.165, 1.54) is 55.3 Å². The van der Waals surface area contributed by atoms with Crippen LogP contribution in [-0.2, 0) is 4.79 Å². The van der Waals surface area contributed by atoms with Gasteiger partial charge in [-0.1, -0.05) is 23.9 Å². The summed E-state index contributed by atoms with van der Waals surface area (Å²) in [6.45, 7) is 1.37. The molecule has 0 heterocycles. The number of ether oxygens (including phenoxy) is 1. The zero-order valence-corrected chi connectivity index (χ0v) is 15.8. The molecule has 2 aromatic carbocycles. The van der Waals surface area contributed by atoms with E-state index in [4.69, 9.17) is 0 Å². The monoisotopic (exact) mass is 411 g/mol. The standard InChI is InChI=1S/C19H16F3NO4S/c1-12(24)28-11-17(25)13-3-5-14(6-4-13)18(26)23(2)15-7-9-16(10-8-15)27-19(20,21)22/h3-10H,11H2,1-2H3. The van der Waals surface area contributed by atoms with Crippen molar-refractivity contribution in [2.75, 3.05) is 17.7 Å². The maximum absolute atomic E-state index is 12.5. The molecule has 0 aliphatic rings. The highest BCUT2D eigenvalue weighted by atomic mass is 32.2. The van der Waals surface area contributed by atoms with E-state index in [2.05, 4.69) is 4.74 Å². The van der Waals surface area contributed by atoms with E-state index in [-0.39, 0.29) is 22.4 Å². The second-order valence-corrected chi connectivity index (χ2v) is 6.84. The normalized spacial score (nSPS) is 11.0. The van der Waals surface area contributed by atoms with Crippen LogP contribution in [0.4, 0.5) is 18.9 Å². The van der Waals surface area contributed by atoms with Gasteiger partial charge in [0.05, 0.1) is 5.75 Å². The van der Waals surface area contributed by atoms with Crippen molar-refractivity contribution in [2.24, 2.45) is 0 Å². The molecule has 1 amide bonds. The molecule has 0 aliphatic carbocycles. The molecule has 0 saturated heterocycles. The molecule has 0 unspecified atom stereocenters. The molecule has 148 valence electrons. The lowest BCUT2D eigenvalue weighted by molar-refractivity contribution is -0.274. The van der Waals surface area contributed by atoms with Gasteiger partial charge in [-0.2, -0.15) is 0 Å². The number of hydrogen-bond donors (Lipinski definition) is 0. The molecule has 0 radical (unpaired) electrons. The van der Waals surface area contributed by atoms with E-state index >= 15 is 0 Å². The number of thioether (sulfide) groups is 1. The Morgan fingerprint density at radius 1 is 0.964 bits per heavy atom. The van der Waals surface area contributed by atoms with Gasteiger partial charge in [0.15, 0.2) is 10.9 Å². The lowest BCUT2D eigenvalue weighted by Gasteiger charge is -2.18. The summed E-state index contributed by atoms with van der Waals surface area (Å²) < 4.78 is 40.4. The lowest BCUT2D eigenvalue weighted by Crippen LogP contribution is -2.26. The molecular formula is C19H16F3NO4S. The Morgan fingerprint density at radius 2 is 1.50 bits per heavy atom. The first kappa shape index (κ1) is 21.5. The zero-order chi connectivity index (χ0) is 20.9. The van der Waals surface area contributed by atoms with E-state index in [0.29, 0.717) is 16.8 Å². The fourth-order valence-electron chi connectivity index (χ4n) is 2.23. The van der Waals surface area contributed by atoms with Crippen molar-refractivity contribution in [3.8, 4) is 5.75 Å². The maximum atomic E-state index is 12.5. The molecule has 9 heteroatoms. The summed E-state index contributed by atoms with van der Waals surface area (Å²) in [5, 5.41) is -0.159. The first-order chi connectivity index (χ1) is 13.1. The van der Waals surface area contributed by atoms with Gasteiger partial charge in [-0.05, 0) is 36.4 Å². The Kier molecular flexibility index (Phi) is 6.85. The topological polar surface area (TPSA) is 63.7 Å². The van der Waals surface area contributed by atoms with Crippen molar-refractivity contribution in [1.29, 1.82) is 0 Å². The first-order valence-corrected chi connectivity index (χ1v) is 8.96. The summed E-state index contributed by atoms with van der Waals surface area (Å²) in [5.74, 6) is -0.993. The predicted octanol–water partition coefficient (Wildman–Crippen LogP) is 4.32. The fraction of sp³-hybridized carbons (Fsp3) is 0.211. The van der Waals surface area contributed by atoms with Gasteiger partial charge in [-0.25, -0.2) is 0 Å². The molecule has 2 rings (SSSR count). The van der Waals surface area contributed by atoms with Gasteiger partial charge in [-0.3, -0.25) is 14.4 Å². The van der Waals surface area contributed by atoms with Gasteiger partial charge >= 0.3 is 6.36 Å². The van der Waals surface area contributed by atoms with E-state index in [1.54, 1.807) is 0 Å². The molecule has 0 spiro atoms. The van der Waals surface area contributed by atoms with Crippen LogP contribution in [0, 0.1) is 0 Å². The highest BCUT2D eigenvalue weighted by Gasteiger charge is 2.31. The number of amides is 1. The van der Waals surface area contributed by atoms with Crippen LogP contribution >= 0.6 is 11.8 Å². The van der Waals surface area contributed by atoms with Crippen LogP contribution in [0.1, 0.15) is 27.6 Å². The Balaban J connectivity index is 2.06. The van der Waals surface area contributed by atoms with E-state index in [9.17, 15) is 27.6 Å². The molecule has 0 aromatic heterocycles. The quantitative estimate of drug-likeness (QED) is 0.663. The number of benzene rings is 2. The smallest absolute Gasteiger partial charge is 0.406 e. The fourth-order valence-corrected chi connectivity index (χ4v) is 2.73. The van der Waals surface area contributed by atoms with Crippen molar-refractivity contribution >= 4 is 34.3 Å². The summed E-state index contributed by atoms with van der Waals surface area (Å²) in [5.41, 5.74) is 1.05. The minimum atomic E-state index is -4.79. The second kappa shape index (κ2) is 8.92. The van der Waals surface area contributed by atoms with Gasteiger partial charge in [0.1, 0.15) is 5.75 Å². The minimum absolute atomic E-state index is 0.0227. The van der Waals surface area contributed by atoms with Gasteiger partial charge in [0, 0.05) is 30.8 Å². The summed E-state index contributed by atoms with van der Waals surface area (Å²) in [6.07, 6.45) is -4.79. The summed E-state index contributed by atoms with van der Waals surface area (Å²) >= 11 is 0.907.